The molecule has 12 heteroatoms. The maximum atomic E-state index is 13.9. The van der Waals surface area contributed by atoms with Crippen molar-refractivity contribution in [2.75, 3.05) is 29.5 Å². The molecule has 0 spiro atoms. The average Bonchev–Trinajstić information content (AvgIpc) is 3.37. The van der Waals surface area contributed by atoms with Crippen LogP contribution in [0, 0.1) is 0 Å². The van der Waals surface area contributed by atoms with Crippen LogP contribution in [0.5, 0.6) is 0 Å². The number of anilines is 2. The van der Waals surface area contributed by atoms with Crippen LogP contribution in [0.1, 0.15) is 23.2 Å². The molecule has 3 aliphatic rings. The monoisotopic (exact) mass is 469 g/mol. The third-order valence-electron chi connectivity index (χ3n) is 6.15. The summed E-state index contributed by atoms with van der Waals surface area (Å²) < 4.78 is 48.5. The molecule has 0 aliphatic carbocycles. The first-order valence-corrected chi connectivity index (χ1v) is 10.6. The molecule has 8 nitrogen and oxygen atoms in total. The second-order valence-corrected chi connectivity index (χ2v) is 8.63. The number of morpholine rings is 1. The smallest absolute Gasteiger partial charge is 0.374 e. The number of ketones is 1. The summed E-state index contributed by atoms with van der Waals surface area (Å²) in [5, 5.41) is 0.199. The Hall–Kier alpha value is -2.66. The molecule has 0 radical (unpaired) electrons. The van der Waals surface area contributed by atoms with Crippen molar-refractivity contribution in [3.8, 4) is 0 Å². The molecule has 0 saturated carbocycles. The predicted molar refractivity (Wildman–Crippen MR) is 109 cm³/mol. The molecule has 5 rings (SSSR count). The minimum atomic E-state index is -4.60. The summed E-state index contributed by atoms with van der Waals surface area (Å²) in [6.07, 6.45) is -1.58. The molecule has 2 unspecified atom stereocenters. The molecule has 2 saturated heterocycles. The minimum Gasteiger partial charge on any atom is -0.374 e. The van der Waals surface area contributed by atoms with Crippen molar-refractivity contribution in [2.24, 2.45) is 0 Å². The molecular weight excluding hydrogens is 451 g/mol. The molecule has 170 valence electrons. The maximum Gasteiger partial charge on any atom is 0.408 e. The number of ether oxygens (including phenoxy) is 1. The number of aromatic nitrogens is 3. The molecule has 0 amide bonds. The summed E-state index contributed by atoms with van der Waals surface area (Å²) in [7, 11) is 0. The summed E-state index contributed by atoms with van der Waals surface area (Å²) in [4.78, 5) is 36.7. The molecular formula is C20H19ClF3N5O3. The summed E-state index contributed by atoms with van der Waals surface area (Å²) in [5.74, 6) is -0.453. The summed E-state index contributed by atoms with van der Waals surface area (Å²) in [6.45, 7) is 0.262. The van der Waals surface area contributed by atoms with Gasteiger partial charge >= 0.3 is 6.18 Å². The molecule has 32 heavy (non-hydrogen) atoms. The Bertz CT molecular complexity index is 1120. The number of nitrogens with zero attached hydrogens (tertiary/aromatic N) is 5. The quantitative estimate of drug-likeness (QED) is 0.635. The van der Waals surface area contributed by atoms with Gasteiger partial charge in [-0.3, -0.25) is 19.1 Å². The van der Waals surface area contributed by atoms with E-state index in [2.05, 4.69) is 9.97 Å². The Kier molecular flexibility index (Phi) is 5.12. The number of hydrogen-bond acceptors (Lipinski definition) is 7. The van der Waals surface area contributed by atoms with Gasteiger partial charge in [0.15, 0.2) is 5.78 Å². The number of alkyl halides is 3. The highest BCUT2D eigenvalue weighted by molar-refractivity contribution is 6.30. The number of fused-ring (bicyclic) bond motifs is 3. The Morgan fingerprint density at radius 2 is 2.09 bits per heavy atom. The summed E-state index contributed by atoms with van der Waals surface area (Å²) in [6, 6.07) is 0.782. The largest absolute Gasteiger partial charge is 0.408 e. The van der Waals surface area contributed by atoms with Gasteiger partial charge in [-0.25, -0.2) is 0 Å². The number of halogens is 4. The number of rotatable bonds is 4. The number of carbonyl (C=O) groups excluding carboxylic acids is 1. The van der Waals surface area contributed by atoms with Crippen LogP contribution in [0.25, 0.3) is 0 Å². The van der Waals surface area contributed by atoms with Gasteiger partial charge in [0, 0.05) is 37.1 Å². The molecule has 2 aromatic rings. The zero-order chi connectivity index (χ0) is 22.6. The topological polar surface area (TPSA) is 80.6 Å². The first-order chi connectivity index (χ1) is 15.2. The van der Waals surface area contributed by atoms with Crippen LogP contribution in [0.2, 0.25) is 5.02 Å². The SMILES string of the molecule is O=C(CN1c2nc(N3CC4CC3CO4)cc(=O)n2CC[C@H]1C(F)(F)F)c1cncc(Cl)c1. The van der Waals surface area contributed by atoms with E-state index in [1.54, 1.807) is 0 Å². The summed E-state index contributed by atoms with van der Waals surface area (Å²) in [5.41, 5.74) is -0.362. The molecule has 5 heterocycles. The molecule has 2 aromatic heterocycles. The second kappa shape index (κ2) is 7.73. The van der Waals surface area contributed by atoms with Crippen molar-refractivity contribution in [1.29, 1.82) is 0 Å². The van der Waals surface area contributed by atoms with Gasteiger partial charge in [0.05, 0.1) is 30.3 Å². The van der Waals surface area contributed by atoms with E-state index in [1.165, 1.54) is 29.1 Å². The second-order valence-electron chi connectivity index (χ2n) is 8.19. The van der Waals surface area contributed by atoms with E-state index in [0.717, 1.165) is 11.3 Å². The van der Waals surface area contributed by atoms with Gasteiger partial charge in [0.2, 0.25) is 5.95 Å². The lowest BCUT2D eigenvalue weighted by molar-refractivity contribution is -0.152. The Balaban J connectivity index is 1.54. The molecule has 2 bridgehead atoms. The van der Waals surface area contributed by atoms with Gasteiger partial charge in [0.1, 0.15) is 11.9 Å². The zero-order valence-corrected chi connectivity index (χ0v) is 17.5. The minimum absolute atomic E-state index is 0.0246. The lowest BCUT2D eigenvalue weighted by atomic mass is 10.1. The van der Waals surface area contributed by atoms with Crippen molar-refractivity contribution < 1.29 is 22.7 Å². The van der Waals surface area contributed by atoms with Gasteiger partial charge < -0.3 is 14.5 Å². The number of pyridine rings is 1. The lowest BCUT2D eigenvalue weighted by Gasteiger charge is -2.39. The van der Waals surface area contributed by atoms with E-state index in [0.29, 0.717) is 19.0 Å². The fourth-order valence-corrected chi connectivity index (χ4v) is 4.79. The lowest BCUT2D eigenvalue weighted by Crippen LogP contribution is -2.54. The average molecular weight is 470 g/mol. The van der Waals surface area contributed by atoms with Crippen LogP contribution in [0.3, 0.4) is 0 Å². The van der Waals surface area contributed by atoms with Gasteiger partial charge in [-0.05, 0) is 18.9 Å². The van der Waals surface area contributed by atoms with Crippen LogP contribution < -0.4 is 15.4 Å². The molecule has 3 atom stereocenters. The van der Waals surface area contributed by atoms with E-state index in [9.17, 15) is 22.8 Å². The molecule has 0 N–H and O–H groups in total. The van der Waals surface area contributed by atoms with Crippen molar-refractivity contribution >= 4 is 29.2 Å². The van der Waals surface area contributed by atoms with E-state index in [1.807, 2.05) is 4.90 Å². The molecule has 0 aromatic carbocycles. The van der Waals surface area contributed by atoms with E-state index in [-0.39, 0.29) is 41.6 Å². The van der Waals surface area contributed by atoms with Gasteiger partial charge in [-0.1, -0.05) is 11.6 Å². The van der Waals surface area contributed by atoms with Crippen LogP contribution in [-0.4, -0.2) is 64.4 Å². The normalized spacial score (nSPS) is 24.7. The van der Waals surface area contributed by atoms with E-state index < -0.39 is 30.1 Å². The van der Waals surface area contributed by atoms with Crippen molar-refractivity contribution in [2.45, 2.75) is 43.8 Å². The Morgan fingerprint density at radius 1 is 1.28 bits per heavy atom. The fourth-order valence-electron chi connectivity index (χ4n) is 4.62. The maximum absolute atomic E-state index is 13.9. The third kappa shape index (κ3) is 3.73. The van der Waals surface area contributed by atoms with Crippen molar-refractivity contribution in [3.63, 3.8) is 0 Å². The first kappa shape index (κ1) is 21.2. The van der Waals surface area contributed by atoms with Crippen molar-refractivity contribution in [3.05, 3.63) is 45.5 Å². The predicted octanol–water partition coefficient (Wildman–Crippen LogP) is 2.29. The van der Waals surface area contributed by atoms with Gasteiger partial charge in [0.25, 0.3) is 5.56 Å². The highest BCUT2D eigenvalue weighted by Crippen LogP contribution is 2.36. The van der Waals surface area contributed by atoms with E-state index >= 15 is 0 Å². The number of carbonyl (C=O) groups is 1. The Labute approximate surface area is 185 Å². The van der Waals surface area contributed by atoms with Crippen molar-refractivity contribution in [1.82, 2.24) is 14.5 Å². The van der Waals surface area contributed by atoms with Crippen LogP contribution in [0.15, 0.2) is 29.3 Å². The van der Waals surface area contributed by atoms with Crippen LogP contribution >= 0.6 is 11.6 Å². The molecule has 3 aliphatic heterocycles. The highest BCUT2D eigenvalue weighted by atomic mass is 35.5. The van der Waals surface area contributed by atoms with Crippen LogP contribution in [-0.2, 0) is 11.3 Å². The molecule has 2 fully saturated rings. The van der Waals surface area contributed by atoms with Gasteiger partial charge in [-0.2, -0.15) is 18.2 Å². The van der Waals surface area contributed by atoms with E-state index in [4.69, 9.17) is 16.3 Å². The van der Waals surface area contributed by atoms with Gasteiger partial charge in [-0.15, -0.1) is 0 Å². The van der Waals surface area contributed by atoms with Crippen LogP contribution in [0.4, 0.5) is 24.9 Å². The Morgan fingerprint density at radius 3 is 2.75 bits per heavy atom. The fraction of sp³-hybridized carbons (Fsp3) is 0.500. The first-order valence-electron chi connectivity index (χ1n) is 10.2. The zero-order valence-electron chi connectivity index (χ0n) is 16.8. The number of Topliss-reactive ketones (excluding diaryl/α,β-unsaturated/α-hetero) is 1. The summed E-state index contributed by atoms with van der Waals surface area (Å²) >= 11 is 5.88. The third-order valence-corrected chi connectivity index (χ3v) is 6.35. The standard InChI is InChI=1S/C20H19ClF3N5O3/c21-12-3-11(6-25-7-12)15(30)9-29-16(20(22,23)24)1-2-27-18(31)5-17(26-19(27)29)28-8-14-4-13(28)10-32-14/h3,5-7,13-14,16H,1-2,4,8-10H2/t13?,14?,16-/m0/s1. The number of hydrogen-bond donors (Lipinski definition) is 0. The highest BCUT2D eigenvalue weighted by Gasteiger charge is 2.48.